The molecule has 0 aliphatic heterocycles. The molecule has 2 aromatic rings. The van der Waals surface area contributed by atoms with E-state index in [0.717, 1.165) is 11.5 Å². The second-order valence-electron chi connectivity index (χ2n) is 3.58. The molecule has 0 saturated carbocycles. The fourth-order valence-electron chi connectivity index (χ4n) is 1.40. The molecule has 2 rings (SSSR count). The van der Waals surface area contributed by atoms with Crippen molar-refractivity contribution in [3.63, 3.8) is 0 Å². The number of nitrogens with one attached hydrogen (secondary N) is 1. The van der Waals surface area contributed by atoms with Crippen molar-refractivity contribution in [3.8, 4) is 5.88 Å². The summed E-state index contributed by atoms with van der Waals surface area (Å²) < 4.78 is 9.99. The maximum Gasteiger partial charge on any atom is 0.238 e. The minimum Gasteiger partial charge on any atom is -0.479 e. The lowest BCUT2D eigenvalue weighted by atomic mass is 10.3. The highest BCUT2D eigenvalue weighted by molar-refractivity contribution is 5.53. The smallest absolute Gasteiger partial charge is 0.238 e. The molecule has 0 amide bonds. The number of hydrogen-bond donors (Lipinski definition) is 2. The summed E-state index contributed by atoms with van der Waals surface area (Å²) in [6, 6.07) is 5.38. The number of anilines is 2. The van der Waals surface area contributed by atoms with Gasteiger partial charge in [0.15, 0.2) is 0 Å². The zero-order valence-corrected chi connectivity index (χ0v) is 9.73. The Morgan fingerprint density at radius 2 is 2.29 bits per heavy atom. The summed E-state index contributed by atoms with van der Waals surface area (Å²) in [5.41, 5.74) is 7.00. The van der Waals surface area contributed by atoms with Crippen molar-refractivity contribution in [1.29, 1.82) is 0 Å². The molecule has 0 aliphatic rings. The normalized spacial score (nSPS) is 10.2. The number of aromatic nitrogens is 2. The molecule has 0 radical (unpaired) electrons. The average Bonchev–Trinajstić information content (AvgIpc) is 2.74. The van der Waals surface area contributed by atoms with Crippen LogP contribution in [0.15, 0.2) is 22.7 Å². The van der Waals surface area contributed by atoms with Crippen LogP contribution in [0.3, 0.4) is 0 Å². The van der Waals surface area contributed by atoms with Crippen LogP contribution in [-0.2, 0) is 6.54 Å². The highest BCUT2D eigenvalue weighted by Gasteiger charge is 2.04. The quantitative estimate of drug-likeness (QED) is 0.835. The Kier molecular flexibility index (Phi) is 3.13. The van der Waals surface area contributed by atoms with Gasteiger partial charge in [0.25, 0.3) is 0 Å². The van der Waals surface area contributed by atoms with Crippen molar-refractivity contribution in [2.45, 2.75) is 13.5 Å². The Labute approximate surface area is 98.8 Å². The van der Waals surface area contributed by atoms with Crippen LogP contribution >= 0.6 is 0 Å². The molecule has 0 unspecified atom stereocenters. The average molecular weight is 234 g/mol. The number of methoxy groups -OCH3 is 1. The van der Waals surface area contributed by atoms with Crippen LogP contribution in [0.1, 0.15) is 11.5 Å². The monoisotopic (exact) mass is 234 g/mol. The number of nitrogens with two attached hydrogens (primary N) is 1. The molecule has 3 N–H and O–H groups in total. The second kappa shape index (κ2) is 4.73. The summed E-state index contributed by atoms with van der Waals surface area (Å²) in [5, 5.41) is 6.98. The third-order valence-electron chi connectivity index (χ3n) is 2.21. The maximum atomic E-state index is 5.67. The van der Waals surface area contributed by atoms with Crippen molar-refractivity contribution in [1.82, 2.24) is 10.1 Å². The van der Waals surface area contributed by atoms with Gasteiger partial charge in [-0.1, -0.05) is 5.16 Å². The molecule has 0 aliphatic carbocycles. The van der Waals surface area contributed by atoms with E-state index in [9.17, 15) is 0 Å². The Morgan fingerprint density at radius 3 is 2.94 bits per heavy atom. The minimum absolute atomic E-state index is 0.409. The van der Waals surface area contributed by atoms with Crippen molar-refractivity contribution in [2.24, 2.45) is 0 Å². The summed E-state index contributed by atoms with van der Waals surface area (Å²) >= 11 is 0. The number of hydrogen-bond acceptors (Lipinski definition) is 6. The van der Waals surface area contributed by atoms with Gasteiger partial charge in [0.1, 0.15) is 17.3 Å². The van der Waals surface area contributed by atoms with E-state index in [1.54, 1.807) is 12.1 Å². The first-order chi connectivity index (χ1) is 8.19. The summed E-state index contributed by atoms with van der Waals surface area (Å²) in [5.74, 6) is 1.87. The van der Waals surface area contributed by atoms with Crippen LogP contribution < -0.4 is 15.8 Å². The van der Waals surface area contributed by atoms with Gasteiger partial charge in [-0.25, -0.2) is 0 Å². The van der Waals surface area contributed by atoms with Crippen LogP contribution in [0.25, 0.3) is 0 Å². The predicted octanol–water partition coefficient (Wildman–Crippen LogP) is 1.58. The number of nitrogen functional groups attached to an aromatic ring is 1. The molecule has 2 heterocycles. The van der Waals surface area contributed by atoms with Crippen molar-refractivity contribution in [3.05, 3.63) is 29.7 Å². The topological polar surface area (TPSA) is 86.2 Å². The number of ether oxygens (including phenoxy) is 1. The van der Waals surface area contributed by atoms with E-state index >= 15 is 0 Å². The molecule has 17 heavy (non-hydrogen) atoms. The largest absolute Gasteiger partial charge is 0.479 e. The zero-order valence-electron chi connectivity index (χ0n) is 9.73. The van der Waals surface area contributed by atoms with E-state index in [2.05, 4.69) is 15.5 Å². The first kappa shape index (κ1) is 11.3. The van der Waals surface area contributed by atoms with E-state index in [4.69, 9.17) is 15.0 Å². The molecule has 2 aromatic heterocycles. The van der Waals surface area contributed by atoms with Gasteiger partial charge in [-0.2, -0.15) is 4.98 Å². The minimum atomic E-state index is 0.409. The van der Waals surface area contributed by atoms with Crippen molar-refractivity contribution < 1.29 is 9.26 Å². The fourth-order valence-corrected chi connectivity index (χ4v) is 1.40. The van der Waals surface area contributed by atoms with E-state index in [1.165, 1.54) is 7.11 Å². The highest BCUT2D eigenvalue weighted by atomic mass is 16.5. The third kappa shape index (κ3) is 2.66. The van der Waals surface area contributed by atoms with Crippen LogP contribution in [0.2, 0.25) is 0 Å². The van der Waals surface area contributed by atoms with E-state index in [1.807, 2.05) is 13.0 Å². The Balaban J connectivity index is 2.04. The molecule has 0 saturated heterocycles. The van der Waals surface area contributed by atoms with E-state index < -0.39 is 0 Å². The van der Waals surface area contributed by atoms with Gasteiger partial charge in [-0.15, -0.1) is 0 Å². The van der Waals surface area contributed by atoms with Crippen molar-refractivity contribution >= 4 is 11.5 Å². The molecule has 6 heteroatoms. The molecule has 0 spiro atoms. The molecule has 0 aromatic carbocycles. The predicted molar refractivity (Wildman–Crippen MR) is 63.8 cm³/mol. The Morgan fingerprint density at radius 1 is 1.47 bits per heavy atom. The van der Waals surface area contributed by atoms with Crippen LogP contribution in [0.4, 0.5) is 11.5 Å². The zero-order chi connectivity index (χ0) is 12.3. The van der Waals surface area contributed by atoms with Gasteiger partial charge in [-0.3, -0.25) is 0 Å². The fraction of sp³-hybridized carbons (Fsp3) is 0.273. The van der Waals surface area contributed by atoms with Gasteiger partial charge in [-0.05, 0) is 19.1 Å². The lowest BCUT2D eigenvalue weighted by Gasteiger charge is -2.07. The lowest BCUT2D eigenvalue weighted by molar-refractivity contribution is 0.391. The number of pyridine rings is 1. The summed E-state index contributed by atoms with van der Waals surface area (Å²) in [7, 11) is 1.53. The first-order valence-corrected chi connectivity index (χ1v) is 5.15. The SMILES string of the molecule is COc1nc(NCc2cc(C)on2)ccc1N. The molecule has 6 nitrogen and oxygen atoms in total. The summed E-state index contributed by atoms with van der Waals surface area (Å²) in [6.45, 7) is 2.39. The maximum absolute atomic E-state index is 5.67. The molecular weight excluding hydrogens is 220 g/mol. The molecule has 0 fully saturated rings. The van der Waals surface area contributed by atoms with E-state index in [0.29, 0.717) is 23.9 Å². The van der Waals surface area contributed by atoms with Gasteiger partial charge in [0.2, 0.25) is 5.88 Å². The number of rotatable bonds is 4. The number of aryl methyl sites for hydroxylation is 1. The van der Waals surface area contributed by atoms with Gasteiger partial charge >= 0.3 is 0 Å². The van der Waals surface area contributed by atoms with Crippen LogP contribution in [0, 0.1) is 6.92 Å². The Bertz CT molecular complexity index is 510. The lowest BCUT2D eigenvalue weighted by Crippen LogP contribution is -2.03. The molecule has 90 valence electrons. The van der Waals surface area contributed by atoms with E-state index in [-0.39, 0.29) is 0 Å². The van der Waals surface area contributed by atoms with Gasteiger partial charge in [0, 0.05) is 6.07 Å². The molecular formula is C11H14N4O2. The van der Waals surface area contributed by atoms with Crippen molar-refractivity contribution in [2.75, 3.05) is 18.2 Å². The molecule has 0 bridgehead atoms. The standard InChI is InChI=1S/C11H14N4O2/c1-7-5-8(15-17-7)6-13-10-4-3-9(12)11(14-10)16-2/h3-5H,6,12H2,1-2H3,(H,13,14). The molecule has 0 atom stereocenters. The van der Waals surface area contributed by atoms with Gasteiger partial charge in [0.05, 0.1) is 19.3 Å². The first-order valence-electron chi connectivity index (χ1n) is 5.15. The second-order valence-corrected chi connectivity index (χ2v) is 3.58. The Hall–Kier alpha value is -2.24. The highest BCUT2D eigenvalue weighted by Crippen LogP contribution is 2.20. The van der Waals surface area contributed by atoms with Crippen LogP contribution in [0.5, 0.6) is 5.88 Å². The van der Waals surface area contributed by atoms with Crippen LogP contribution in [-0.4, -0.2) is 17.3 Å². The number of nitrogens with zero attached hydrogens (tertiary/aromatic N) is 2. The summed E-state index contributed by atoms with van der Waals surface area (Å²) in [6.07, 6.45) is 0. The van der Waals surface area contributed by atoms with Gasteiger partial charge < -0.3 is 20.3 Å². The summed E-state index contributed by atoms with van der Waals surface area (Å²) in [4.78, 5) is 4.20. The third-order valence-corrected chi connectivity index (χ3v) is 2.21.